The Morgan fingerprint density at radius 2 is 2.12 bits per heavy atom. The fraction of sp³-hybridized carbons (Fsp3) is 0.455. The molecule has 0 aliphatic carbocycles. The molecule has 0 radical (unpaired) electrons. The van der Waals surface area contributed by atoms with Crippen LogP contribution in [0.1, 0.15) is 18.9 Å². The molecule has 1 aromatic carbocycles. The van der Waals surface area contributed by atoms with Crippen molar-refractivity contribution in [1.29, 1.82) is 0 Å². The Balaban J connectivity index is 2.94. The van der Waals surface area contributed by atoms with Crippen LogP contribution in [0.15, 0.2) is 18.2 Å². The fourth-order valence-corrected chi connectivity index (χ4v) is 1.59. The van der Waals surface area contributed by atoms with Crippen LogP contribution in [0.5, 0.6) is 5.75 Å². The van der Waals surface area contributed by atoms with Gasteiger partial charge in [0.25, 0.3) is 0 Å². The number of benzene rings is 1. The number of alkyl halides is 2. The van der Waals surface area contributed by atoms with E-state index >= 15 is 0 Å². The van der Waals surface area contributed by atoms with E-state index in [1.807, 2.05) is 6.92 Å². The van der Waals surface area contributed by atoms with E-state index in [1.54, 1.807) is 12.1 Å². The maximum atomic E-state index is 12.2. The van der Waals surface area contributed by atoms with Crippen LogP contribution in [-0.4, -0.2) is 12.7 Å². The molecule has 0 bridgehead atoms. The van der Waals surface area contributed by atoms with Gasteiger partial charge in [-0.1, -0.05) is 24.6 Å². The molecule has 90 valence electrons. The quantitative estimate of drug-likeness (QED) is 0.870. The first-order valence-corrected chi connectivity index (χ1v) is 5.40. The summed E-state index contributed by atoms with van der Waals surface area (Å²) in [5.74, 6) is 0.103. The molecule has 0 saturated heterocycles. The molecule has 2 nitrogen and oxygen atoms in total. The van der Waals surface area contributed by atoms with Gasteiger partial charge in [-0.2, -0.15) is 8.78 Å². The maximum absolute atomic E-state index is 12.2. The van der Waals surface area contributed by atoms with Gasteiger partial charge < -0.3 is 10.5 Å². The Kier molecular flexibility index (Phi) is 4.96. The molecular weight excluding hydrogens is 236 g/mol. The molecule has 0 heterocycles. The van der Waals surface area contributed by atoms with Gasteiger partial charge in [0, 0.05) is 16.6 Å². The van der Waals surface area contributed by atoms with E-state index in [2.05, 4.69) is 4.74 Å². The summed E-state index contributed by atoms with van der Waals surface area (Å²) in [7, 11) is 0. The summed E-state index contributed by atoms with van der Waals surface area (Å²) < 4.78 is 28.7. The van der Waals surface area contributed by atoms with Crippen LogP contribution in [0.2, 0.25) is 5.02 Å². The van der Waals surface area contributed by atoms with Crippen molar-refractivity contribution in [1.82, 2.24) is 0 Å². The number of halogens is 3. The topological polar surface area (TPSA) is 35.2 Å². The standard InChI is InChI=1S/C11H14ClF2NO/c1-2-7(15)6-8-9(12)4-3-5-10(8)16-11(13)14/h3-5,7,11H,2,6,15H2,1H3. The molecule has 1 rings (SSSR count). The second-order valence-corrected chi connectivity index (χ2v) is 3.87. The summed E-state index contributed by atoms with van der Waals surface area (Å²) in [6, 6.07) is 4.56. The van der Waals surface area contributed by atoms with Gasteiger partial charge in [0.2, 0.25) is 0 Å². The summed E-state index contributed by atoms with van der Waals surface area (Å²) >= 11 is 5.93. The van der Waals surface area contributed by atoms with Crippen molar-refractivity contribution >= 4 is 11.6 Å². The highest BCUT2D eigenvalue weighted by atomic mass is 35.5. The number of ether oxygens (including phenoxy) is 1. The molecule has 0 amide bonds. The molecule has 1 unspecified atom stereocenters. The summed E-state index contributed by atoms with van der Waals surface area (Å²) in [4.78, 5) is 0. The average Bonchev–Trinajstić information content (AvgIpc) is 2.22. The molecule has 0 aliphatic rings. The summed E-state index contributed by atoms with van der Waals surface area (Å²) in [5, 5.41) is 0.405. The minimum atomic E-state index is -2.85. The Labute approximate surface area is 98.3 Å². The Morgan fingerprint density at radius 1 is 1.44 bits per heavy atom. The lowest BCUT2D eigenvalue weighted by atomic mass is 10.0. The molecule has 1 atom stereocenters. The third-order valence-corrected chi connectivity index (χ3v) is 2.64. The monoisotopic (exact) mass is 249 g/mol. The first kappa shape index (κ1) is 13.2. The van der Waals surface area contributed by atoms with E-state index in [0.717, 1.165) is 6.42 Å². The summed E-state index contributed by atoms with van der Waals surface area (Å²) in [6.45, 7) is -0.926. The zero-order chi connectivity index (χ0) is 12.1. The van der Waals surface area contributed by atoms with Crippen molar-refractivity contribution < 1.29 is 13.5 Å². The molecule has 0 fully saturated rings. The van der Waals surface area contributed by atoms with Gasteiger partial charge in [-0.05, 0) is 25.0 Å². The zero-order valence-electron chi connectivity index (χ0n) is 8.92. The van der Waals surface area contributed by atoms with E-state index < -0.39 is 6.61 Å². The number of nitrogens with two attached hydrogens (primary N) is 1. The number of hydrogen-bond acceptors (Lipinski definition) is 2. The van der Waals surface area contributed by atoms with E-state index in [4.69, 9.17) is 17.3 Å². The van der Waals surface area contributed by atoms with Crippen molar-refractivity contribution in [3.63, 3.8) is 0 Å². The summed E-state index contributed by atoms with van der Waals surface area (Å²) in [6.07, 6.45) is 1.18. The minimum Gasteiger partial charge on any atom is -0.434 e. The van der Waals surface area contributed by atoms with Crippen LogP contribution in [0.3, 0.4) is 0 Å². The van der Waals surface area contributed by atoms with Gasteiger partial charge >= 0.3 is 6.61 Å². The van der Waals surface area contributed by atoms with E-state index in [0.29, 0.717) is 17.0 Å². The lowest BCUT2D eigenvalue weighted by molar-refractivity contribution is -0.0504. The van der Waals surface area contributed by atoms with Crippen molar-refractivity contribution in [3.05, 3.63) is 28.8 Å². The first-order chi connectivity index (χ1) is 7.54. The lowest BCUT2D eigenvalue weighted by Gasteiger charge is -2.15. The van der Waals surface area contributed by atoms with E-state index in [1.165, 1.54) is 6.07 Å². The van der Waals surface area contributed by atoms with Crippen molar-refractivity contribution in [2.45, 2.75) is 32.4 Å². The van der Waals surface area contributed by atoms with E-state index in [9.17, 15) is 8.78 Å². The molecule has 0 saturated carbocycles. The van der Waals surface area contributed by atoms with Crippen LogP contribution in [-0.2, 0) is 6.42 Å². The molecule has 16 heavy (non-hydrogen) atoms. The Hall–Kier alpha value is -0.870. The second-order valence-electron chi connectivity index (χ2n) is 3.47. The molecule has 0 spiro atoms. The normalized spacial score (nSPS) is 12.9. The highest BCUT2D eigenvalue weighted by Crippen LogP contribution is 2.29. The molecule has 1 aromatic rings. The SMILES string of the molecule is CCC(N)Cc1c(Cl)cccc1OC(F)F. The van der Waals surface area contributed by atoms with Gasteiger partial charge in [0.1, 0.15) is 5.75 Å². The lowest BCUT2D eigenvalue weighted by Crippen LogP contribution is -2.22. The van der Waals surface area contributed by atoms with Gasteiger partial charge in [0.05, 0.1) is 0 Å². The average molecular weight is 250 g/mol. The minimum absolute atomic E-state index is 0.103. The van der Waals surface area contributed by atoms with Crippen molar-refractivity contribution in [3.8, 4) is 5.75 Å². The first-order valence-electron chi connectivity index (χ1n) is 5.02. The van der Waals surface area contributed by atoms with Gasteiger partial charge in [-0.3, -0.25) is 0 Å². The number of rotatable bonds is 5. The third-order valence-electron chi connectivity index (χ3n) is 2.28. The van der Waals surface area contributed by atoms with Crippen LogP contribution in [0.4, 0.5) is 8.78 Å². The van der Waals surface area contributed by atoms with Crippen LogP contribution < -0.4 is 10.5 Å². The largest absolute Gasteiger partial charge is 0.434 e. The Morgan fingerprint density at radius 3 is 2.69 bits per heavy atom. The summed E-state index contributed by atoms with van der Waals surface area (Å²) in [5.41, 5.74) is 6.31. The van der Waals surface area contributed by atoms with Crippen LogP contribution in [0.25, 0.3) is 0 Å². The fourth-order valence-electron chi connectivity index (χ4n) is 1.35. The van der Waals surface area contributed by atoms with Crippen LogP contribution in [0, 0.1) is 0 Å². The van der Waals surface area contributed by atoms with E-state index in [-0.39, 0.29) is 11.8 Å². The van der Waals surface area contributed by atoms with Crippen LogP contribution >= 0.6 is 11.6 Å². The second kappa shape index (κ2) is 6.01. The maximum Gasteiger partial charge on any atom is 0.387 e. The Bertz CT molecular complexity index is 347. The predicted molar refractivity (Wildman–Crippen MR) is 60.1 cm³/mol. The predicted octanol–water partition coefficient (Wildman–Crippen LogP) is 3.22. The highest BCUT2D eigenvalue weighted by molar-refractivity contribution is 6.31. The van der Waals surface area contributed by atoms with Gasteiger partial charge in [-0.25, -0.2) is 0 Å². The molecule has 0 aromatic heterocycles. The van der Waals surface area contributed by atoms with Crippen molar-refractivity contribution in [2.75, 3.05) is 0 Å². The number of hydrogen-bond donors (Lipinski definition) is 1. The zero-order valence-corrected chi connectivity index (χ0v) is 9.68. The molecule has 2 N–H and O–H groups in total. The molecule has 0 aliphatic heterocycles. The molecule has 5 heteroatoms. The third kappa shape index (κ3) is 3.61. The van der Waals surface area contributed by atoms with Crippen molar-refractivity contribution in [2.24, 2.45) is 5.73 Å². The highest BCUT2D eigenvalue weighted by Gasteiger charge is 2.14. The smallest absolute Gasteiger partial charge is 0.387 e. The van der Waals surface area contributed by atoms with Gasteiger partial charge in [-0.15, -0.1) is 0 Å². The van der Waals surface area contributed by atoms with Gasteiger partial charge in [0.15, 0.2) is 0 Å². The molecular formula is C11H14ClF2NO.